The topological polar surface area (TPSA) is 120 Å². The summed E-state index contributed by atoms with van der Waals surface area (Å²) in [6.07, 6.45) is 1.75. The molecule has 0 saturated carbocycles. The fraction of sp³-hybridized carbons (Fsp3) is 0.261. The number of hydrogen-bond acceptors (Lipinski definition) is 5. The summed E-state index contributed by atoms with van der Waals surface area (Å²) in [4.78, 5) is 41.1. The van der Waals surface area contributed by atoms with Crippen LogP contribution in [0.2, 0.25) is 0 Å². The van der Waals surface area contributed by atoms with Gasteiger partial charge in [0.1, 0.15) is 11.7 Å². The standard InChI is InChI=1S/C21H21N5O3.C2H6/c1-13-7-6-10-23-20(13)26-17(11-14(2)25-26)21(29)24-16(18(27)19(22)28)12-15-8-4-3-5-9-15;1-2/h3-11,16H,12H2,1-2H3,(H2,22,28)(H,24,29);1-2H3. The number of aromatic nitrogens is 3. The number of carbonyl (C=O) groups is 3. The number of primary amides is 1. The molecule has 0 aliphatic carbocycles. The van der Waals surface area contributed by atoms with Gasteiger partial charge < -0.3 is 11.1 Å². The molecule has 0 aliphatic rings. The molecule has 0 bridgehead atoms. The maximum atomic E-state index is 13.0. The fourth-order valence-electron chi connectivity index (χ4n) is 2.98. The Morgan fingerprint density at radius 1 is 1.06 bits per heavy atom. The van der Waals surface area contributed by atoms with Gasteiger partial charge >= 0.3 is 0 Å². The van der Waals surface area contributed by atoms with E-state index in [0.29, 0.717) is 11.5 Å². The van der Waals surface area contributed by atoms with Crippen molar-refractivity contribution in [1.29, 1.82) is 0 Å². The average molecular weight is 422 g/mol. The Kier molecular flexibility index (Phi) is 8.19. The molecule has 8 heteroatoms. The van der Waals surface area contributed by atoms with Crippen molar-refractivity contribution in [2.75, 3.05) is 0 Å². The maximum absolute atomic E-state index is 13.0. The van der Waals surface area contributed by atoms with E-state index in [4.69, 9.17) is 5.73 Å². The van der Waals surface area contributed by atoms with E-state index in [1.807, 2.05) is 45.0 Å². The number of pyridine rings is 1. The fourth-order valence-corrected chi connectivity index (χ4v) is 2.98. The van der Waals surface area contributed by atoms with E-state index in [1.165, 1.54) is 4.68 Å². The van der Waals surface area contributed by atoms with Crippen molar-refractivity contribution in [2.45, 2.75) is 40.2 Å². The molecule has 3 rings (SSSR count). The molecule has 8 nitrogen and oxygen atoms in total. The number of Topliss-reactive ketones (excluding diaryl/α,β-unsaturated/α-hetero) is 1. The molecular formula is C23H27N5O3. The molecule has 2 aromatic heterocycles. The van der Waals surface area contributed by atoms with Crippen LogP contribution in [0.15, 0.2) is 54.7 Å². The number of rotatable bonds is 7. The number of nitrogens with zero attached hydrogens (tertiary/aromatic N) is 3. The molecule has 1 atom stereocenters. The number of carbonyl (C=O) groups excluding carboxylic acids is 3. The Morgan fingerprint density at radius 2 is 1.74 bits per heavy atom. The molecule has 1 unspecified atom stereocenters. The zero-order valence-electron chi connectivity index (χ0n) is 18.1. The van der Waals surface area contributed by atoms with Crippen LogP contribution >= 0.6 is 0 Å². The zero-order chi connectivity index (χ0) is 23.0. The monoisotopic (exact) mass is 421 g/mol. The number of hydrogen-bond donors (Lipinski definition) is 2. The summed E-state index contributed by atoms with van der Waals surface area (Å²) >= 11 is 0. The summed E-state index contributed by atoms with van der Waals surface area (Å²) in [6.45, 7) is 7.61. The lowest BCUT2D eigenvalue weighted by atomic mass is 10.0. The van der Waals surface area contributed by atoms with Crippen LogP contribution in [0.5, 0.6) is 0 Å². The van der Waals surface area contributed by atoms with Crippen molar-refractivity contribution < 1.29 is 14.4 Å². The second-order valence-corrected chi connectivity index (χ2v) is 6.67. The van der Waals surface area contributed by atoms with E-state index < -0.39 is 23.6 Å². The van der Waals surface area contributed by atoms with Crippen LogP contribution in [0.25, 0.3) is 5.82 Å². The molecule has 162 valence electrons. The quantitative estimate of drug-likeness (QED) is 0.567. The molecule has 0 spiro atoms. The average Bonchev–Trinajstić information content (AvgIpc) is 3.16. The Bertz CT molecular complexity index is 1060. The number of ketones is 1. The van der Waals surface area contributed by atoms with E-state index >= 15 is 0 Å². The van der Waals surface area contributed by atoms with Gasteiger partial charge in [0.05, 0.1) is 5.69 Å². The third-order valence-corrected chi connectivity index (χ3v) is 4.39. The first kappa shape index (κ1) is 23.5. The minimum atomic E-state index is -1.10. The highest BCUT2D eigenvalue weighted by Crippen LogP contribution is 2.15. The van der Waals surface area contributed by atoms with Gasteiger partial charge in [-0.15, -0.1) is 0 Å². The summed E-state index contributed by atoms with van der Waals surface area (Å²) in [5, 5.41) is 6.98. The third kappa shape index (κ3) is 5.85. The van der Waals surface area contributed by atoms with Crippen molar-refractivity contribution in [1.82, 2.24) is 20.1 Å². The van der Waals surface area contributed by atoms with E-state index in [0.717, 1.165) is 11.1 Å². The van der Waals surface area contributed by atoms with E-state index in [1.54, 1.807) is 37.4 Å². The van der Waals surface area contributed by atoms with Crippen molar-refractivity contribution in [3.8, 4) is 5.82 Å². The van der Waals surface area contributed by atoms with Crippen molar-refractivity contribution in [2.24, 2.45) is 5.73 Å². The van der Waals surface area contributed by atoms with Crippen molar-refractivity contribution >= 4 is 17.6 Å². The predicted molar refractivity (Wildman–Crippen MR) is 118 cm³/mol. The molecule has 0 radical (unpaired) electrons. The second-order valence-electron chi connectivity index (χ2n) is 6.67. The van der Waals surface area contributed by atoms with Crippen LogP contribution in [-0.2, 0) is 16.0 Å². The zero-order valence-corrected chi connectivity index (χ0v) is 18.1. The lowest BCUT2D eigenvalue weighted by molar-refractivity contribution is -0.137. The number of amides is 2. The predicted octanol–water partition coefficient (Wildman–Crippen LogP) is 2.31. The lowest BCUT2D eigenvalue weighted by Gasteiger charge is -2.17. The Balaban J connectivity index is 0.00000166. The summed E-state index contributed by atoms with van der Waals surface area (Å²) < 4.78 is 1.42. The molecule has 3 aromatic rings. The van der Waals surface area contributed by atoms with Crippen LogP contribution in [-0.4, -0.2) is 38.4 Å². The molecule has 2 amide bonds. The maximum Gasteiger partial charge on any atom is 0.287 e. The molecule has 3 N–H and O–H groups in total. The Labute approximate surface area is 181 Å². The third-order valence-electron chi connectivity index (χ3n) is 4.39. The molecule has 0 fully saturated rings. The number of benzene rings is 1. The molecule has 0 saturated heterocycles. The first-order chi connectivity index (χ1) is 14.9. The van der Waals surface area contributed by atoms with Crippen molar-refractivity contribution in [3.63, 3.8) is 0 Å². The van der Waals surface area contributed by atoms with Gasteiger partial charge in [0.2, 0.25) is 5.78 Å². The normalized spacial score (nSPS) is 11.1. The van der Waals surface area contributed by atoms with Crippen LogP contribution < -0.4 is 11.1 Å². The van der Waals surface area contributed by atoms with Gasteiger partial charge in [0, 0.05) is 12.6 Å². The summed E-state index contributed by atoms with van der Waals surface area (Å²) in [7, 11) is 0. The van der Waals surface area contributed by atoms with Gasteiger partial charge in [-0.1, -0.05) is 50.2 Å². The van der Waals surface area contributed by atoms with E-state index in [9.17, 15) is 14.4 Å². The van der Waals surface area contributed by atoms with Crippen LogP contribution in [0.1, 0.15) is 41.2 Å². The smallest absolute Gasteiger partial charge is 0.287 e. The van der Waals surface area contributed by atoms with Gasteiger partial charge in [0.15, 0.2) is 5.82 Å². The van der Waals surface area contributed by atoms with Gasteiger partial charge in [-0.05, 0) is 37.1 Å². The molecule has 2 heterocycles. The highest BCUT2D eigenvalue weighted by Gasteiger charge is 2.27. The molecule has 31 heavy (non-hydrogen) atoms. The summed E-state index contributed by atoms with van der Waals surface area (Å²) in [5.41, 5.74) is 7.62. The number of aryl methyl sites for hydroxylation is 2. The highest BCUT2D eigenvalue weighted by molar-refractivity contribution is 6.38. The van der Waals surface area contributed by atoms with Gasteiger partial charge in [-0.25, -0.2) is 9.67 Å². The van der Waals surface area contributed by atoms with Gasteiger partial charge in [0.25, 0.3) is 11.8 Å². The summed E-state index contributed by atoms with van der Waals surface area (Å²) in [6, 6.07) is 13.2. The van der Waals surface area contributed by atoms with Gasteiger partial charge in [-0.3, -0.25) is 14.4 Å². The van der Waals surface area contributed by atoms with Crippen LogP contribution in [0, 0.1) is 13.8 Å². The number of nitrogens with two attached hydrogens (primary N) is 1. The lowest BCUT2D eigenvalue weighted by Crippen LogP contribution is -2.47. The SMILES string of the molecule is CC.Cc1cc(C(=O)NC(Cc2ccccc2)C(=O)C(N)=O)n(-c2ncccc2C)n1. The molecule has 1 aromatic carbocycles. The second kappa shape index (κ2) is 10.8. The van der Waals surface area contributed by atoms with Gasteiger partial charge in [-0.2, -0.15) is 5.10 Å². The molecular weight excluding hydrogens is 394 g/mol. The van der Waals surface area contributed by atoms with E-state index in [2.05, 4.69) is 15.4 Å². The van der Waals surface area contributed by atoms with Crippen molar-refractivity contribution in [3.05, 3.63) is 77.2 Å². The van der Waals surface area contributed by atoms with Crippen LogP contribution in [0.4, 0.5) is 0 Å². The van der Waals surface area contributed by atoms with E-state index in [-0.39, 0.29) is 12.1 Å². The first-order valence-corrected chi connectivity index (χ1v) is 10.0. The number of nitrogens with one attached hydrogen (secondary N) is 1. The van der Waals surface area contributed by atoms with Crippen LogP contribution in [0.3, 0.4) is 0 Å². The highest BCUT2D eigenvalue weighted by atomic mass is 16.2. The Hall–Kier alpha value is -3.81. The minimum Gasteiger partial charge on any atom is -0.363 e. The first-order valence-electron chi connectivity index (χ1n) is 10.0. The largest absolute Gasteiger partial charge is 0.363 e. The molecule has 0 aliphatic heterocycles. The Morgan fingerprint density at radius 3 is 2.35 bits per heavy atom. The summed E-state index contributed by atoms with van der Waals surface area (Å²) in [5.74, 6) is -2.01. The minimum absolute atomic E-state index is 0.143.